The lowest BCUT2D eigenvalue weighted by Crippen LogP contribution is -2.29. The maximum atomic E-state index is 14.0. The number of nitrogens with zero attached hydrogens (tertiary/aromatic N) is 4. The molecule has 0 unspecified atom stereocenters. The first-order valence-electron chi connectivity index (χ1n) is 25.2. The van der Waals surface area contributed by atoms with Crippen LogP contribution < -0.4 is 20.1 Å². The van der Waals surface area contributed by atoms with E-state index in [0.717, 1.165) is 73.8 Å². The SMILES string of the molecule is C[C@@H]1C[C@H](n2c(Nc3ccc(OC(F)(F)F)cc3)nc3cc(-c4cc(F)c(O)c(F)c4)ccc32)CC(C)(C)C1.C[C@H]1C[C@@H](n2c(Nc3ccc(OC(F)(F)F)cc3)nc3cc(-c4cc(F)c(O)c(F)c4)ccc32)CC(C)(C)C1. The van der Waals surface area contributed by atoms with Crippen LogP contribution in [0.15, 0.2) is 109 Å². The third-order valence-corrected chi connectivity index (χ3v) is 14.2. The molecule has 2 fully saturated rings. The Balaban J connectivity index is 0.000000190. The molecule has 2 aromatic heterocycles. The largest absolute Gasteiger partial charge is 0.573 e. The number of imidazole rings is 2. The Morgan fingerprint density at radius 1 is 0.487 bits per heavy atom. The smallest absolute Gasteiger partial charge is 0.503 e. The summed E-state index contributed by atoms with van der Waals surface area (Å²) in [6.45, 7) is 13.3. The van der Waals surface area contributed by atoms with Gasteiger partial charge in [-0.1, -0.05) is 53.7 Å². The Kier molecular flexibility index (Phi) is 14.8. The van der Waals surface area contributed by atoms with E-state index in [1.807, 2.05) is 12.1 Å². The molecule has 78 heavy (non-hydrogen) atoms. The van der Waals surface area contributed by atoms with Crippen LogP contribution in [0.4, 0.5) is 67.2 Å². The summed E-state index contributed by atoms with van der Waals surface area (Å²) >= 11 is 0. The molecular weight excluding hydrogens is 1030 g/mol. The molecule has 8 aromatic rings. The van der Waals surface area contributed by atoms with Gasteiger partial charge in [0.05, 0.1) is 22.1 Å². The van der Waals surface area contributed by atoms with Gasteiger partial charge >= 0.3 is 12.7 Å². The Labute approximate surface area is 442 Å². The van der Waals surface area contributed by atoms with Crippen LogP contribution in [0.5, 0.6) is 23.0 Å². The van der Waals surface area contributed by atoms with Gasteiger partial charge in [0.25, 0.3) is 0 Å². The van der Waals surface area contributed by atoms with Crippen LogP contribution in [-0.4, -0.2) is 42.0 Å². The molecule has 2 saturated carbocycles. The molecule has 20 heteroatoms. The number of ether oxygens (including phenoxy) is 2. The fourth-order valence-corrected chi connectivity index (χ4v) is 11.7. The second-order valence-electron chi connectivity index (χ2n) is 22.1. The van der Waals surface area contributed by atoms with Crippen molar-refractivity contribution in [3.05, 3.63) is 132 Å². The van der Waals surface area contributed by atoms with Gasteiger partial charge in [-0.3, -0.25) is 0 Å². The maximum Gasteiger partial charge on any atom is 0.573 e. The average Bonchev–Trinajstić information content (AvgIpc) is 4.08. The summed E-state index contributed by atoms with van der Waals surface area (Å²) in [5.74, 6) is -5.03. The number of hydrogen-bond donors (Lipinski definition) is 4. The highest BCUT2D eigenvalue weighted by molar-refractivity contribution is 5.87. The highest BCUT2D eigenvalue weighted by Gasteiger charge is 2.37. The number of aromatic nitrogens is 4. The molecule has 0 saturated heterocycles. The summed E-state index contributed by atoms with van der Waals surface area (Å²) in [5.41, 5.74) is 5.54. The van der Waals surface area contributed by atoms with Crippen LogP contribution in [0.2, 0.25) is 0 Å². The number of benzene rings is 6. The molecule has 412 valence electrons. The fraction of sp³-hybridized carbons (Fsp3) is 0.345. The van der Waals surface area contributed by atoms with E-state index in [4.69, 9.17) is 9.97 Å². The standard InChI is InChI=1S/2C29H28F5N3O2/c2*1-16-10-20(15-28(2,3)14-16)37-25-9-4-17(18-11-22(30)26(38)23(31)12-18)13-24(25)36-27(37)35-19-5-7-21(8-6-19)39-29(32,33)34/h2*4-9,11-13,16,20,38H,10,14-15H2,1-3H3,(H,35,36)/t2*16-,20+/m10/s1. The van der Waals surface area contributed by atoms with Crippen molar-refractivity contribution in [2.45, 2.75) is 105 Å². The van der Waals surface area contributed by atoms with Gasteiger partial charge < -0.3 is 39.5 Å². The van der Waals surface area contributed by atoms with Crippen molar-refractivity contribution in [3.63, 3.8) is 0 Å². The zero-order valence-electron chi connectivity index (χ0n) is 43.2. The van der Waals surface area contributed by atoms with Gasteiger partial charge in [0.2, 0.25) is 11.9 Å². The molecule has 10 nitrogen and oxygen atoms in total. The van der Waals surface area contributed by atoms with Crippen molar-refractivity contribution in [1.29, 1.82) is 0 Å². The van der Waals surface area contributed by atoms with Crippen LogP contribution >= 0.6 is 0 Å². The molecule has 0 bridgehead atoms. The lowest BCUT2D eigenvalue weighted by molar-refractivity contribution is -0.275. The van der Waals surface area contributed by atoms with Gasteiger partial charge in [0.1, 0.15) is 11.5 Å². The van der Waals surface area contributed by atoms with Crippen LogP contribution in [0, 0.1) is 45.9 Å². The van der Waals surface area contributed by atoms with E-state index in [1.54, 1.807) is 24.3 Å². The van der Waals surface area contributed by atoms with Crippen LogP contribution in [0.25, 0.3) is 44.3 Å². The monoisotopic (exact) mass is 1090 g/mol. The minimum atomic E-state index is -4.78. The van der Waals surface area contributed by atoms with Crippen LogP contribution in [0.1, 0.15) is 92.2 Å². The highest BCUT2D eigenvalue weighted by atomic mass is 19.4. The molecule has 6 aromatic carbocycles. The Hall–Kier alpha value is -7.64. The van der Waals surface area contributed by atoms with E-state index in [0.29, 0.717) is 57.3 Å². The number of nitrogens with one attached hydrogen (secondary N) is 2. The molecule has 4 atom stereocenters. The lowest BCUT2D eigenvalue weighted by Gasteiger charge is -2.40. The predicted molar refractivity (Wildman–Crippen MR) is 278 cm³/mol. The van der Waals surface area contributed by atoms with Crippen molar-refractivity contribution < 1.29 is 63.6 Å². The summed E-state index contributed by atoms with van der Waals surface area (Å²) in [6, 6.07) is 25.9. The molecule has 0 amide bonds. The molecule has 2 heterocycles. The Morgan fingerprint density at radius 2 is 0.821 bits per heavy atom. The van der Waals surface area contributed by atoms with E-state index < -0.39 is 47.5 Å². The molecule has 0 radical (unpaired) electrons. The normalized spacial score (nSPS) is 19.3. The number of anilines is 4. The summed E-state index contributed by atoms with van der Waals surface area (Å²) in [6.07, 6.45) is -3.78. The number of phenolic OH excluding ortho intramolecular Hbond substituents is 2. The zero-order chi connectivity index (χ0) is 56.2. The second-order valence-corrected chi connectivity index (χ2v) is 22.1. The summed E-state index contributed by atoms with van der Waals surface area (Å²) in [7, 11) is 0. The third kappa shape index (κ3) is 12.7. The maximum absolute atomic E-state index is 14.0. The number of rotatable bonds is 10. The van der Waals surface area contributed by atoms with Crippen molar-refractivity contribution in [1.82, 2.24) is 19.1 Å². The minimum Gasteiger partial charge on any atom is -0.503 e. The van der Waals surface area contributed by atoms with Crippen molar-refractivity contribution in [3.8, 4) is 45.3 Å². The molecule has 0 spiro atoms. The van der Waals surface area contributed by atoms with Crippen LogP contribution in [-0.2, 0) is 0 Å². The molecule has 2 aliphatic rings. The van der Waals surface area contributed by atoms with E-state index >= 15 is 0 Å². The van der Waals surface area contributed by atoms with Crippen LogP contribution in [0.3, 0.4) is 0 Å². The summed E-state index contributed by atoms with van der Waals surface area (Å²) in [4.78, 5) is 9.58. The van der Waals surface area contributed by atoms with E-state index in [-0.39, 0.29) is 45.5 Å². The summed E-state index contributed by atoms with van der Waals surface area (Å²) in [5, 5.41) is 25.4. The second kappa shape index (κ2) is 21.0. The van der Waals surface area contributed by atoms with Gasteiger partial charge in [-0.25, -0.2) is 27.5 Å². The van der Waals surface area contributed by atoms with Gasteiger partial charge in [-0.2, -0.15) is 0 Å². The molecular formula is C58H56F10N6O4. The number of phenols is 2. The highest BCUT2D eigenvalue weighted by Crippen LogP contribution is 2.48. The first kappa shape index (κ1) is 55.1. The quantitative estimate of drug-likeness (QED) is 0.100. The van der Waals surface area contributed by atoms with E-state index in [9.17, 15) is 54.1 Å². The summed E-state index contributed by atoms with van der Waals surface area (Å²) < 4.78 is 144. The van der Waals surface area contributed by atoms with Crippen molar-refractivity contribution in [2.75, 3.05) is 10.6 Å². The van der Waals surface area contributed by atoms with Crippen molar-refractivity contribution >= 4 is 45.3 Å². The first-order chi connectivity index (χ1) is 36.6. The molecule has 2 aliphatic carbocycles. The average molecular weight is 1090 g/mol. The number of hydrogen-bond acceptors (Lipinski definition) is 8. The third-order valence-electron chi connectivity index (χ3n) is 14.2. The number of fused-ring (bicyclic) bond motifs is 2. The number of alkyl halides is 6. The predicted octanol–water partition coefficient (Wildman–Crippen LogP) is 17.4. The topological polar surface area (TPSA) is 119 Å². The van der Waals surface area contributed by atoms with Gasteiger partial charge in [0, 0.05) is 23.5 Å². The number of aromatic hydroxyl groups is 2. The molecule has 0 aliphatic heterocycles. The van der Waals surface area contributed by atoms with Gasteiger partial charge in [-0.05, 0) is 181 Å². The minimum absolute atomic E-state index is 0.0911. The first-order valence-corrected chi connectivity index (χ1v) is 25.2. The Bertz CT molecular complexity index is 3210. The van der Waals surface area contributed by atoms with Gasteiger partial charge in [0.15, 0.2) is 34.8 Å². The van der Waals surface area contributed by atoms with E-state index in [1.165, 1.54) is 48.5 Å². The van der Waals surface area contributed by atoms with E-state index in [2.05, 4.69) is 70.8 Å². The fourth-order valence-electron chi connectivity index (χ4n) is 11.7. The lowest BCUT2D eigenvalue weighted by atomic mass is 9.70. The number of halogens is 10. The van der Waals surface area contributed by atoms with Crippen molar-refractivity contribution in [2.24, 2.45) is 22.7 Å². The molecule has 4 N–H and O–H groups in total. The zero-order valence-corrected chi connectivity index (χ0v) is 43.2. The Morgan fingerprint density at radius 3 is 1.13 bits per heavy atom. The van der Waals surface area contributed by atoms with Gasteiger partial charge in [-0.15, -0.1) is 26.3 Å². The molecule has 10 rings (SSSR count).